The molecule has 2 heterocycles. The molecule has 0 spiro atoms. The van der Waals surface area contributed by atoms with Gasteiger partial charge in [-0.25, -0.2) is 4.79 Å². The van der Waals surface area contributed by atoms with Crippen LogP contribution in [0.1, 0.15) is 60.0 Å². The van der Waals surface area contributed by atoms with Gasteiger partial charge in [-0.1, -0.05) is 57.2 Å². The summed E-state index contributed by atoms with van der Waals surface area (Å²) in [5.41, 5.74) is 9.78. The normalized spacial score (nSPS) is 15.3. The molecule has 1 aromatic heterocycles. The van der Waals surface area contributed by atoms with Crippen molar-refractivity contribution < 1.29 is 9.53 Å². The van der Waals surface area contributed by atoms with Crippen LogP contribution >= 0.6 is 0 Å². The van der Waals surface area contributed by atoms with Crippen LogP contribution in [0.2, 0.25) is 0 Å². The van der Waals surface area contributed by atoms with Gasteiger partial charge in [-0.15, -0.1) is 0 Å². The highest BCUT2D eigenvalue weighted by Crippen LogP contribution is 2.31. The van der Waals surface area contributed by atoms with E-state index in [-0.39, 0.29) is 11.4 Å². The molecule has 0 N–H and O–H groups in total. The van der Waals surface area contributed by atoms with Crippen molar-refractivity contribution in [2.45, 2.75) is 53.9 Å². The van der Waals surface area contributed by atoms with Crippen LogP contribution in [0.3, 0.4) is 0 Å². The van der Waals surface area contributed by atoms with Crippen molar-refractivity contribution in [3.63, 3.8) is 0 Å². The Labute approximate surface area is 191 Å². The Balaban J connectivity index is 1.69. The van der Waals surface area contributed by atoms with Crippen LogP contribution in [0.4, 0.5) is 0 Å². The number of nitrogens with zero attached hydrogens (tertiary/aromatic N) is 1. The highest BCUT2D eigenvalue weighted by atomic mass is 16.5. The Kier molecular flexibility index (Phi) is 5.46. The number of carbonyl (C=O) groups is 1. The zero-order chi connectivity index (χ0) is 23.2. The number of aromatic nitrogens is 1. The third kappa shape index (κ3) is 3.95. The topological polar surface area (TPSA) is 31.2 Å². The molecule has 4 rings (SSSR count). The minimum atomic E-state index is -0.309. The minimum Gasteiger partial charge on any atom is -0.422 e. The number of benzene rings is 2. The van der Waals surface area contributed by atoms with E-state index in [9.17, 15) is 4.79 Å². The number of cyclic esters (lactones) is 1. The molecule has 0 aliphatic carbocycles. The molecule has 0 saturated carbocycles. The Morgan fingerprint density at radius 2 is 1.62 bits per heavy atom. The maximum absolute atomic E-state index is 12.6. The molecule has 1 aliphatic heterocycles. The highest BCUT2D eigenvalue weighted by Gasteiger charge is 2.23. The smallest absolute Gasteiger partial charge is 0.343 e. The molecule has 3 nitrogen and oxygen atoms in total. The van der Waals surface area contributed by atoms with Gasteiger partial charge in [0.05, 0.1) is 5.57 Å². The fourth-order valence-corrected chi connectivity index (χ4v) is 4.22. The Hall–Kier alpha value is -3.33. The van der Waals surface area contributed by atoms with Crippen LogP contribution in [-0.2, 0) is 14.9 Å². The van der Waals surface area contributed by atoms with E-state index in [1.807, 2.05) is 24.3 Å². The number of aryl methyl sites for hydroxylation is 2. The summed E-state index contributed by atoms with van der Waals surface area (Å²) in [7, 11) is 0. The molecule has 0 radical (unpaired) electrons. The van der Waals surface area contributed by atoms with Crippen LogP contribution in [-0.4, -0.2) is 10.5 Å². The first kappa shape index (κ1) is 21.9. The first-order valence-electron chi connectivity index (χ1n) is 11.1. The van der Waals surface area contributed by atoms with E-state index >= 15 is 0 Å². The summed E-state index contributed by atoms with van der Waals surface area (Å²) in [6, 6.07) is 16.7. The first-order chi connectivity index (χ1) is 15.1. The molecular weight excluding hydrogens is 394 g/mol. The Morgan fingerprint density at radius 3 is 2.28 bits per heavy atom. The molecule has 0 amide bonds. The van der Waals surface area contributed by atoms with Gasteiger partial charge in [0.25, 0.3) is 0 Å². The van der Waals surface area contributed by atoms with Gasteiger partial charge in [-0.3, -0.25) is 0 Å². The second kappa shape index (κ2) is 7.98. The standard InChI is InChI=1S/C29H31NO2/c1-18-9-8-10-26(20(18)3)30-19(2)15-23(21(30)4)16-24-17-27(32-28(24)31)22-11-13-25(14-12-22)29(5,6)7/h8-17H,1-7H3/b24-16+. The molecule has 3 aromatic rings. The predicted molar refractivity (Wildman–Crippen MR) is 132 cm³/mol. The zero-order valence-electron chi connectivity index (χ0n) is 20.0. The number of rotatable bonds is 3. The van der Waals surface area contributed by atoms with Gasteiger partial charge >= 0.3 is 5.97 Å². The van der Waals surface area contributed by atoms with Gasteiger partial charge in [0.2, 0.25) is 0 Å². The van der Waals surface area contributed by atoms with Crippen molar-refractivity contribution in [2.24, 2.45) is 0 Å². The summed E-state index contributed by atoms with van der Waals surface area (Å²) >= 11 is 0. The fraction of sp³-hybridized carbons (Fsp3) is 0.276. The van der Waals surface area contributed by atoms with E-state index < -0.39 is 0 Å². The molecule has 1 aliphatic rings. The second-order valence-electron chi connectivity index (χ2n) is 9.71. The Bertz CT molecular complexity index is 1260. The average Bonchev–Trinajstić information content (AvgIpc) is 3.23. The quantitative estimate of drug-likeness (QED) is 0.334. The summed E-state index contributed by atoms with van der Waals surface area (Å²) in [4.78, 5) is 12.6. The lowest BCUT2D eigenvalue weighted by Crippen LogP contribution is -2.10. The molecule has 32 heavy (non-hydrogen) atoms. The van der Waals surface area contributed by atoms with E-state index in [1.54, 1.807) is 0 Å². The molecular formula is C29H31NO2. The highest BCUT2D eigenvalue weighted by molar-refractivity contribution is 6.05. The van der Waals surface area contributed by atoms with Gasteiger partial charge in [0.1, 0.15) is 5.76 Å². The maximum Gasteiger partial charge on any atom is 0.343 e. The number of hydrogen-bond donors (Lipinski definition) is 0. The van der Waals surface area contributed by atoms with Crippen molar-refractivity contribution >= 4 is 17.8 Å². The third-order valence-electron chi connectivity index (χ3n) is 6.36. The van der Waals surface area contributed by atoms with E-state index in [0.29, 0.717) is 11.3 Å². The van der Waals surface area contributed by atoms with Gasteiger partial charge < -0.3 is 9.30 Å². The van der Waals surface area contributed by atoms with Gasteiger partial charge in [0.15, 0.2) is 0 Å². The summed E-state index contributed by atoms with van der Waals surface area (Å²) in [5.74, 6) is 0.293. The van der Waals surface area contributed by atoms with E-state index in [0.717, 1.165) is 22.5 Å². The van der Waals surface area contributed by atoms with Crippen LogP contribution in [0.5, 0.6) is 0 Å². The average molecular weight is 426 g/mol. The van der Waals surface area contributed by atoms with Crippen LogP contribution in [0.15, 0.2) is 60.2 Å². The Morgan fingerprint density at radius 1 is 0.938 bits per heavy atom. The SMILES string of the molecule is Cc1cccc(-n2c(C)cc(/C=C3\C=C(c4ccc(C(C)(C)C)cc4)OC3=O)c2C)c1C. The molecule has 3 heteroatoms. The third-order valence-corrected chi connectivity index (χ3v) is 6.36. The number of hydrogen-bond acceptors (Lipinski definition) is 2. The van der Waals surface area contributed by atoms with E-state index in [2.05, 4.69) is 89.4 Å². The van der Waals surface area contributed by atoms with Crippen molar-refractivity contribution in [1.82, 2.24) is 4.57 Å². The number of esters is 1. The van der Waals surface area contributed by atoms with E-state index in [1.165, 1.54) is 22.4 Å². The van der Waals surface area contributed by atoms with Crippen LogP contribution < -0.4 is 0 Å². The molecule has 2 aromatic carbocycles. The van der Waals surface area contributed by atoms with E-state index in [4.69, 9.17) is 4.74 Å². The summed E-state index contributed by atoms with van der Waals surface area (Å²) in [5, 5.41) is 0. The van der Waals surface area contributed by atoms with Crippen molar-refractivity contribution in [1.29, 1.82) is 0 Å². The van der Waals surface area contributed by atoms with Crippen molar-refractivity contribution in [2.75, 3.05) is 0 Å². The molecule has 0 unspecified atom stereocenters. The lowest BCUT2D eigenvalue weighted by Gasteiger charge is -2.19. The fourth-order valence-electron chi connectivity index (χ4n) is 4.22. The van der Waals surface area contributed by atoms with Gasteiger partial charge in [-0.2, -0.15) is 0 Å². The molecule has 0 bridgehead atoms. The van der Waals surface area contributed by atoms with Gasteiger partial charge in [-0.05, 0) is 79.6 Å². The molecule has 164 valence electrons. The van der Waals surface area contributed by atoms with Crippen LogP contribution in [0.25, 0.3) is 17.5 Å². The molecule has 0 fully saturated rings. The summed E-state index contributed by atoms with van der Waals surface area (Å²) in [6.45, 7) is 15.0. The predicted octanol–water partition coefficient (Wildman–Crippen LogP) is 6.99. The minimum absolute atomic E-state index is 0.0858. The summed E-state index contributed by atoms with van der Waals surface area (Å²) in [6.07, 6.45) is 3.78. The lowest BCUT2D eigenvalue weighted by molar-refractivity contribution is -0.130. The number of carbonyl (C=O) groups excluding carboxylic acids is 1. The van der Waals surface area contributed by atoms with Gasteiger partial charge in [0, 0.05) is 22.6 Å². The van der Waals surface area contributed by atoms with Crippen molar-refractivity contribution in [3.05, 3.63) is 99.4 Å². The molecule has 0 saturated heterocycles. The summed E-state index contributed by atoms with van der Waals surface area (Å²) < 4.78 is 7.86. The van der Waals surface area contributed by atoms with Crippen LogP contribution in [0, 0.1) is 27.7 Å². The maximum atomic E-state index is 12.6. The number of ether oxygens (including phenoxy) is 1. The monoisotopic (exact) mass is 425 g/mol. The first-order valence-corrected chi connectivity index (χ1v) is 11.1. The second-order valence-corrected chi connectivity index (χ2v) is 9.71. The molecule has 0 atom stereocenters. The zero-order valence-corrected chi connectivity index (χ0v) is 20.0. The lowest BCUT2D eigenvalue weighted by atomic mass is 9.86. The van der Waals surface area contributed by atoms with Crippen molar-refractivity contribution in [3.8, 4) is 5.69 Å². The largest absolute Gasteiger partial charge is 0.422 e.